The molecule has 0 bridgehead atoms. The van der Waals surface area contributed by atoms with Crippen LogP contribution in [0.15, 0.2) is 48.5 Å². The van der Waals surface area contributed by atoms with Gasteiger partial charge in [-0.05, 0) is 25.1 Å². The van der Waals surface area contributed by atoms with Crippen LogP contribution < -0.4 is 4.74 Å². The molecule has 0 radical (unpaired) electrons. The van der Waals surface area contributed by atoms with Gasteiger partial charge in [0, 0.05) is 10.6 Å². The summed E-state index contributed by atoms with van der Waals surface area (Å²) in [6, 6.07) is 14.0. The van der Waals surface area contributed by atoms with Crippen LogP contribution in [-0.2, 0) is 4.79 Å². The summed E-state index contributed by atoms with van der Waals surface area (Å²) in [5, 5.41) is 9.66. The van der Waals surface area contributed by atoms with Crippen molar-refractivity contribution in [1.29, 1.82) is 0 Å². The van der Waals surface area contributed by atoms with Crippen LogP contribution in [0.1, 0.15) is 17.2 Å². The Morgan fingerprint density at radius 3 is 2.37 bits per heavy atom. The molecule has 4 heteroatoms. The third kappa shape index (κ3) is 3.26. The maximum atomic E-state index is 11.3. The molecule has 0 fully saturated rings. The van der Waals surface area contributed by atoms with Crippen molar-refractivity contribution in [2.45, 2.75) is 13.0 Å². The Kier molecular flexibility index (Phi) is 4.07. The first kappa shape index (κ1) is 13.4. The van der Waals surface area contributed by atoms with Gasteiger partial charge in [0.05, 0.1) is 0 Å². The van der Waals surface area contributed by atoms with Crippen LogP contribution in [0.25, 0.3) is 0 Å². The van der Waals surface area contributed by atoms with Crippen LogP contribution in [0.4, 0.5) is 0 Å². The zero-order valence-corrected chi connectivity index (χ0v) is 11.1. The van der Waals surface area contributed by atoms with Crippen LogP contribution in [0.5, 0.6) is 5.75 Å². The van der Waals surface area contributed by atoms with E-state index >= 15 is 0 Å². The van der Waals surface area contributed by atoms with E-state index < -0.39 is 12.1 Å². The second-order valence-electron chi connectivity index (χ2n) is 4.17. The Hall–Kier alpha value is -2.00. The zero-order chi connectivity index (χ0) is 13.8. The molecule has 0 aliphatic rings. The van der Waals surface area contributed by atoms with Gasteiger partial charge < -0.3 is 9.84 Å². The SMILES string of the molecule is Cc1ccc(O[C@H](C(=O)O)c2ccccc2Cl)cc1. The van der Waals surface area contributed by atoms with Crippen molar-refractivity contribution in [3.05, 3.63) is 64.7 Å². The van der Waals surface area contributed by atoms with Crippen molar-refractivity contribution in [3.8, 4) is 5.75 Å². The molecule has 0 amide bonds. The summed E-state index contributed by atoms with van der Waals surface area (Å²) in [5.41, 5.74) is 1.52. The number of carboxylic acids is 1. The van der Waals surface area contributed by atoms with Gasteiger partial charge in [-0.25, -0.2) is 4.79 Å². The number of carbonyl (C=O) groups is 1. The number of aryl methyl sites for hydroxylation is 1. The second-order valence-corrected chi connectivity index (χ2v) is 4.58. The fourth-order valence-electron chi connectivity index (χ4n) is 1.69. The van der Waals surface area contributed by atoms with Gasteiger partial charge in [0.25, 0.3) is 0 Å². The minimum Gasteiger partial charge on any atom is -0.478 e. The Morgan fingerprint density at radius 1 is 1.16 bits per heavy atom. The van der Waals surface area contributed by atoms with Gasteiger partial charge in [-0.15, -0.1) is 0 Å². The Balaban J connectivity index is 2.29. The number of hydrogen-bond donors (Lipinski definition) is 1. The molecule has 0 spiro atoms. The number of ether oxygens (including phenoxy) is 1. The highest BCUT2D eigenvalue weighted by molar-refractivity contribution is 6.31. The fourth-order valence-corrected chi connectivity index (χ4v) is 1.92. The van der Waals surface area contributed by atoms with Crippen LogP contribution in [0.2, 0.25) is 5.02 Å². The number of carboxylic acid groups (broad SMARTS) is 1. The maximum absolute atomic E-state index is 11.3. The Labute approximate surface area is 116 Å². The van der Waals surface area contributed by atoms with Gasteiger partial charge in [0.1, 0.15) is 5.75 Å². The largest absolute Gasteiger partial charge is 0.478 e. The number of halogens is 1. The predicted octanol–water partition coefficient (Wildman–Crippen LogP) is 3.85. The molecule has 98 valence electrons. The van der Waals surface area contributed by atoms with E-state index in [9.17, 15) is 9.90 Å². The van der Waals surface area contributed by atoms with Crippen LogP contribution in [0.3, 0.4) is 0 Å². The molecule has 1 atom stereocenters. The highest BCUT2D eigenvalue weighted by Gasteiger charge is 2.24. The van der Waals surface area contributed by atoms with Crippen molar-refractivity contribution in [2.24, 2.45) is 0 Å². The van der Waals surface area contributed by atoms with Crippen LogP contribution in [0, 0.1) is 6.92 Å². The topological polar surface area (TPSA) is 46.5 Å². The lowest BCUT2D eigenvalue weighted by Crippen LogP contribution is -2.18. The molecule has 2 aromatic rings. The van der Waals surface area contributed by atoms with E-state index in [2.05, 4.69) is 0 Å². The summed E-state index contributed by atoms with van der Waals surface area (Å²) < 4.78 is 5.51. The van der Waals surface area contributed by atoms with Crippen LogP contribution in [-0.4, -0.2) is 11.1 Å². The van der Waals surface area contributed by atoms with E-state index in [1.807, 2.05) is 19.1 Å². The third-order valence-electron chi connectivity index (χ3n) is 2.69. The van der Waals surface area contributed by atoms with Crippen LogP contribution >= 0.6 is 11.6 Å². The molecule has 3 nitrogen and oxygen atoms in total. The average molecular weight is 277 g/mol. The summed E-state index contributed by atoms with van der Waals surface area (Å²) in [6.07, 6.45) is -1.11. The third-order valence-corrected chi connectivity index (χ3v) is 3.03. The van der Waals surface area contributed by atoms with E-state index in [4.69, 9.17) is 16.3 Å². The Morgan fingerprint density at radius 2 is 1.79 bits per heavy atom. The summed E-state index contributed by atoms with van der Waals surface area (Å²) >= 11 is 6.01. The zero-order valence-electron chi connectivity index (χ0n) is 10.3. The van der Waals surface area contributed by atoms with Crippen molar-refractivity contribution >= 4 is 17.6 Å². The molecule has 19 heavy (non-hydrogen) atoms. The van der Waals surface area contributed by atoms with E-state index in [1.165, 1.54) is 0 Å². The van der Waals surface area contributed by atoms with Crippen molar-refractivity contribution < 1.29 is 14.6 Å². The monoisotopic (exact) mass is 276 g/mol. The van der Waals surface area contributed by atoms with Crippen molar-refractivity contribution in [3.63, 3.8) is 0 Å². The molecule has 0 unspecified atom stereocenters. The van der Waals surface area contributed by atoms with Gasteiger partial charge in [0.15, 0.2) is 0 Å². The lowest BCUT2D eigenvalue weighted by Gasteiger charge is -2.16. The van der Waals surface area contributed by atoms with Gasteiger partial charge in [-0.1, -0.05) is 47.5 Å². The second kappa shape index (κ2) is 5.76. The quantitative estimate of drug-likeness (QED) is 0.922. The summed E-state index contributed by atoms with van der Waals surface area (Å²) in [7, 11) is 0. The lowest BCUT2D eigenvalue weighted by atomic mass is 10.1. The first-order valence-corrected chi connectivity index (χ1v) is 6.16. The van der Waals surface area contributed by atoms with Gasteiger partial charge in [-0.2, -0.15) is 0 Å². The van der Waals surface area contributed by atoms with E-state index in [-0.39, 0.29) is 0 Å². The summed E-state index contributed by atoms with van der Waals surface area (Å²) in [6.45, 7) is 1.95. The maximum Gasteiger partial charge on any atom is 0.349 e. The molecular formula is C15H13ClO3. The summed E-state index contributed by atoms with van der Waals surface area (Å²) in [5.74, 6) is -0.577. The number of rotatable bonds is 4. The van der Waals surface area contributed by atoms with E-state index in [0.29, 0.717) is 16.3 Å². The minimum atomic E-state index is -1.11. The first-order valence-electron chi connectivity index (χ1n) is 5.78. The lowest BCUT2D eigenvalue weighted by molar-refractivity contribution is -0.145. The average Bonchev–Trinajstić information content (AvgIpc) is 2.39. The molecule has 2 aromatic carbocycles. The molecule has 0 aromatic heterocycles. The molecule has 0 heterocycles. The minimum absolute atomic E-state index is 0.377. The summed E-state index contributed by atoms with van der Waals surface area (Å²) in [4.78, 5) is 11.3. The molecule has 1 N–H and O–H groups in total. The van der Waals surface area contributed by atoms with Crippen molar-refractivity contribution in [1.82, 2.24) is 0 Å². The molecule has 2 rings (SSSR count). The highest BCUT2D eigenvalue weighted by Crippen LogP contribution is 2.27. The van der Waals surface area contributed by atoms with Gasteiger partial charge in [-0.3, -0.25) is 0 Å². The molecular weight excluding hydrogens is 264 g/mol. The number of hydrogen-bond acceptors (Lipinski definition) is 2. The first-order chi connectivity index (χ1) is 9.08. The molecule has 0 aliphatic carbocycles. The predicted molar refractivity (Wildman–Crippen MR) is 73.6 cm³/mol. The standard InChI is InChI=1S/C15H13ClO3/c1-10-6-8-11(9-7-10)19-14(15(17)18)12-4-2-3-5-13(12)16/h2-9,14H,1H3,(H,17,18)/t14-/m0/s1. The van der Waals surface area contributed by atoms with Gasteiger partial charge >= 0.3 is 5.97 Å². The number of aliphatic carboxylic acids is 1. The Bertz CT molecular complexity index is 578. The molecule has 0 saturated carbocycles. The smallest absolute Gasteiger partial charge is 0.349 e. The van der Waals surface area contributed by atoms with Crippen molar-refractivity contribution in [2.75, 3.05) is 0 Å². The highest BCUT2D eigenvalue weighted by atomic mass is 35.5. The van der Waals surface area contributed by atoms with Gasteiger partial charge in [0.2, 0.25) is 6.10 Å². The number of benzene rings is 2. The van der Waals surface area contributed by atoms with E-state index in [1.54, 1.807) is 36.4 Å². The fraction of sp³-hybridized carbons (Fsp3) is 0.133. The molecule has 0 saturated heterocycles. The normalized spacial score (nSPS) is 11.9. The van der Waals surface area contributed by atoms with E-state index in [0.717, 1.165) is 5.56 Å². The molecule has 0 aliphatic heterocycles.